The minimum Gasteiger partial charge on any atom is -0.465 e. The van der Waals surface area contributed by atoms with E-state index in [1.54, 1.807) is 12.1 Å². The van der Waals surface area contributed by atoms with Crippen molar-refractivity contribution in [3.63, 3.8) is 0 Å². The van der Waals surface area contributed by atoms with E-state index in [0.29, 0.717) is 24.1 Å². The van der Waals surface area contributed by atoms with E-state index in [1.807, 2.05) is 13.8 Å². The maximum absolute atomic E-state index is 14.1. The van der Waals surface area contributed by atoms with Crippen LogP contribution in [0.3, 0.4) is 0 Å². The van der Waals surface area contributed by atoms with Crippen molar-refractivity contribution in [2.75, 3.05) is 13.7 Å². The van der Waals surface area contributed by atoms with Crippen LogP contribution in [0.4, 0.5) is 8.78 Å². The molecule has 1 fully saturated rings. The van der Waals surface area contributed by atoms with Crippen molar-refractivity contribution in [2.24, 2.45) is 5.92 Å². The van der Waals surface area contributed by atoms with Crippen molar-refractivity contribution in [2.45, 2.75) is 64.0 Å². The van der Waals surface area contributed by atoms with E-state index in [9.17, 15) is 23.5 Å². The van der Waals surface area contributed by atoms with Gasteiger partial charge in [0.15, 0.2) is 0 Å². The number of ether oxygens (including phenoxy) is 1. The van der Waals surface area contributed by atoms with Gasteiger partial charge in [0.25, 0.3) is 5.91 Å². The minimum absolute atomic E-state index is 0.135. The van der Waals surface area contributed by atoms with Gasteiger partial charge < -0.3 is 14.7 Å². The number of carbonyl (C=O) groups is 2. The summed E-state index contributed by atoms with van der Waals surface area (Å²) in [4.78, 5) is 26.3. The third-order valence-corrected chi connectivity index (χ3v) is 6.27. The second-order valence-corrected chi connectivity index (χ2v) is 8.77. The zero-order chi connectivity index (χ0) is 23.0. The lowest BCUT2D eigenvalue weighted by molar-refractivity contribution is -0.148. The van der Waals surface area contributed by atoms with E-state index in [1.165, 1.54) is 35.5 Å². The number of rotatable bonds is 9. The SMILES string of the molecule is CCC#CC[C@H](C)[C@H](O)C=CC1CC(F)(F)C(=O)N1CCCc1ccc(C(=O)OC)s1. The quantitative estimate of drug-likeness (QED) is 0.348. The molecule has 1 aliphatic rings. The fourth-order valence-electron chi connectivity index (χ4n) is 3.32. The molecule has 0 bridgehead atoms. The fourth-order valence-corrected chi connectivity index (χ4v) is 4.28. The van der Waals surface area contributed by atoms with Gasteiger partial charge in [-0.3, -0.25) is 4.79 Å². The normalized spacial score (nSPS) is 19.9. The molecule has 1 amide bonds. The van der Waals surface area contributed by atoms with Crippen LogP contribution in [0.25, 0.3) is 0 Å². The number of hydrogen-bond donors (Lipinski definition) is 1. The number of thiophene rings is 1. The van der Waals surface area contributed by atoms with E-state index >= 15 is 0 Å². The van der Waals surface area contributed by atoms with Crippen molar-refractivity contribution < 1.29 is 28.2 Å². The highest BCUT2D eigenvalue weighted by molar-refractivity contribution is 7.13. The summed E-state index contributed by atoms with van der Waals surface area (Å²) in [7, 11) is 1.31. The molecule has 0 aromatic carbocycles. The molecule has 3 atom stereocenters. The number of likely N-dealkylation sites (tertiary alicyclic amines) is 1. The Labute approximate surface area is 186 Å². The fraction of sp³-hybridized carbons (Fsp3) is 0.565. The minimum atomic E-state index is -3.40. The van der Waals surface area contributed by atoms with Crippen LogP contribution in [-0.4, -0.2) is 53.6 Å². The number of methoxy groups -OCH3 is 1. The van der Waals surface area contributed by atoms with Crippen molar-refractivity contribution in [1.29, 1.82) is 0 Å². The molecule has 0 spiro atoms. The van der Waals surface area contributed by atoms with Crippen LogP contribution in [-0.2, 0) is 16.0 Å². The molecule has 31 heavy (non-hydrogen) atoms. The van der Waals surface area contributed by atoms with E-state index in [2.05, 4.69) is 16.6 Å². The number of halogens is 2. The second-order valence-electron chi connectivity index (χ2n) is 7.60. The number of nitrogens with zero attached hydrogens (tertiary/aromatic N) is 1. The third kappa shape index (κ3) is 6.88. The lowest BCUT2D eigenvalue weighted by Crippen LogP contribution is -2.36. The number of carbonyl (C=O) groups excluding carboxylic acids is 2. The van der Waals surface area contributed by atoms with Crippen molar-refractivity contribution >= 4 is 23.2 Å². The Morgan fingerprint density at radius 1 is 1.45 bits per heavy atom. The van der Waals surface area contributed by atoms with Crippen LogP contribution < -0.4 is 0 Å². The standard InChI is InChI=1S/C23H29F2NO4S/c1-4-5-6-8-16(2)19(27)12-10-17-15-23(24,25)22(29)26(17)14-7-9-18-11-13-20(31-18)21(28)30-3/h10-13,16-17,19,27H,4,7-9,14-15H2,1-3H3/t16-,17?,19+/m0/s1. The molecule has 170 valence electrons. The van der Waals surface area contributed by atoms with Gasteiger partial charge in [-0.2, -0.15) is 8.78 Å². The zero-order valence-corrected chi connectivity index (χ0v) is 18.9. The maximum Gasteiger partial charge on any atom is 0.348 e. The van der Waals surface area contributed by atoms with Gasteiger partial charge in [0.05, 0.1) is 19.3 Å². The van der Waals surface area contributed by atoms with Gasteiger partial charge in [0.1, 0.15) is 4.88 Å². The van der Waals surface area contributed by atoms with E-state index in [4.69, 9.17) is 0 Å². The van der Waals surface area contributed by atoms with Crippen LogP contribution >= 0.6 is 11.3 Å². The zero-order valence-electron chi connectivity index (χ0n) is 18.1. The van der Waals surface area contributed by atoms with Crippen LogP contribution in [0.5, 0.6) is 0 Å². The summed E-state index contributed by atoms with van der Waals surface area (Å²) in [6, 6.07) is 2.70. The molecule has 0 aliphatic carbocycles. The average Bonchev–Trinajstić information content (AvgIpc) is 3.29. The van der Waals surface area contributed by atoms with Gasteiger partial charge in [0, 0.05) is 30.7 Å². The molecule has 1 unspecified atom stereocenters. The van der Waals surface area contributed by atoms with E-state index in [-0.39, 0.29) is 12.5 Å². The molecule has 2 rings (SSSR count). The Morgan fingerprint density at radius 3 is 2.87 bits per heavy atom. The van der Waals surface area contributed by atoms with Crippen molar-refractivity contribution in [3.05, 3.63) is 34.0 Å². The molecule has 1 aromatic rings. The summed E-state index contributed by atoms with van der Waals surface area (Å²) in [5, 5.41) is 10.3. The Bertz CT molecular complexity index is 855. The highest BCUT2D eigenvalue weighted by atomic mass is 32.1. The van der Waals surface area contributed by atoms with Crippen LogP contribution in [0.15, 0.2) is 24.3 Å². The molecule has 1 N–H and O–H groups in total. The van der Waals surface area contributed by atoms with Gasteiger partial charge >= 0.3 is 11.9 Å². The van der Waals surface area contributed by atoms with E-state index in [0.717, 1.165) is 11.3 Å². The first-order valence-corrected chi connectivity index (χ1v) is 11.2. The summed E-state index contributed by atoms with van der Waals surface area (Å²) in [6.45, 7) is 3.95. The van der Waals surface area contributed by atoms with Gasteiger partial charge in [-0.25, -0.2) is 4.79 Å². The number of esters is 1. The monoisotopic (exact) mass is 453 g/mol. The molecule has 1 aliphatic heterocycles. The first-order chi connectivity index (χ1) is 14.7. The molecule has 1 aromatic heterocycles. The molecular formula is C23H29F2NO4S. The first kappa shape index (κ1) is 25.0. The van der Waals surface area contributed by atoms with E-state index < -0.39 is 36.4 Å². The third-order valence-electron chi connectivity index (χ3n) is 5.15. The Balaban J connectivity index is 1.96. The number of aliphatic hydroxyl groups excluding tert-OH is 1. The maximum atomic E-state index is 14.1. The smallest absolute Gasteiger partial charge is 0.348 e. The summed E-state index contributed by atoms with van der Waals surface area (Å²) in [6.07, 6.45) is 3.88. The van der Waals surface area contributed by atoms with Gasteiger partial charge in [-0.1, -0.05) is 26.0 Å². The number of hydrogen-bond acceptors (Lipinski definition) is 5. The lowest BCUT2D eigenvalue weighted by Gasteiger charge is -2.22. The van der Waals surface area contributed by atoms with Gasteiger partial charge in [0.2, 0.25) is 0 Å². The molecule has 1 saturated heterocycles. The molecule has 0 saturated carbocycles. The first-order valence-electron chi connectivity index (χ1n) is 10.4. The number of aliphatic hydroxyl groups is 1. The predicted molar refractivity (Wildman–Crippen MR) is 116 cm³/mol. The number of alkyl halides is 2. The highest BCUT2D eigenvalue weighted by Gasteiger charge is 2.52. The second kappa shape index (κ2) is 11.4. The number of aryl methyl sites for hydroxylation is 1. The topological polar surface area (TPSA) is 66.8 Å². The predicted octanol–water partition coefficient (Wildman–Crippen LogP) is 4.06. The Hall–Kier alpha value is -2.24. The van der Waals surface area contributed by atoms with Gasteiger partial charge in [-0.05, 0) is 30.9 Å². The van der Waals surface area contributed by atoms with Crippen LogP contribution in [0, 0.1) is 17.8 Å². The van der Waals surface area contributed by atoms with Crippen LogP contribution in [0.2, 0.25) is 0 Å². The van der Waals surface area contributed by atoms with Crippen molar-refractivity contribution in [1.82, 2.24) is 4.90 Å². The highest BCUT2D eigenvalue weighted by Crippen LogP contribution is 2.34. The van der Waals surface area contributed by atoms with Crippen LogP contribution in [0.1, 0.15) is 54.1 Å². The summed E-state index contributed by atoms with van der Waals surface area (Å²) < 4.78 is 32.8. The molecule has 5 nitrogen and oxygen atoms in total. The number of amides is 1. The Kier molecular flexibility index (Phi) is 9.20. The molecule has 8 heteroatoms. The molecule has 2 heterocycles. The summed E-state index contributed by atoms with van der Waals surface area (Å²) in [5.41, 5.74) is 0. The molecular weight excluding hydrogens is 424 g/mol. The lowest BCUT2D eigenvalue weighted by atomic mass is 9.99. The summed E-state index contributed by atoms with van der Waals surface area (Å²) in [5.74, 6) is 0.781. The average molecular weight is 454 g/mol. The largest absolute Gasteiger partial charge is 0.465 e. The molecule has 0 radical (unpaired) electrons. The van der Waals surface area contributed by atoms with Crippen molar-refractivity contribution in [3.8, 4) is 11.8 Å². The summed E-state index contributed by atoms with van der Waals surface area (Å²) >= 11 is 1.29. The van der Waals surface area contributed by atoms with Gasteiger partial charge in [-0.15, -0.1) is 23.2 Å². The Morgan fingerprint density at radius 2 is 2.19 bits per heavy atom.